The van der Waals surface area contributed by atoms with Crippen molar-refractivity contribution in [1.82, 2.24) is 10.3 Å². The number of rotatable bonds is 4. The molecule has 2 amide bonds. The Labute approximate surface area is 127 Å². The molecule has 0 aliphatic rings. The molecular formula is C15H17N3O2S. The quantitative estimate of drug-likeness (QED) is 0.941. The molecule has 110 valence electrons. The van der Waals surface area contributed by atoms with Crippen LogP contribution in [0, 0.1) is 13.8 Å². The highest BCUT2D eigenvalue weighted by atomic mass is 32.1. The summed E-state index contributed by atoms with van der Waals surface area (Å²) in [5.41, 5.74) is 1.46. The van der Waals surface area contributed by atoms with Crippen LogP contribution in [-0.2, 0) is 4.79 Å². The van der Waals surface area contributed by atoms with Crippen molar-refractivity contribution in [2.45, 2.75) is 13.8 Å². The van der Waals surface area contributed by atoms with Gasteiger partial charge in [-0.3, -0.25) is 14.5 Å². The van der Waals surface area contributed by atoms with Crippen LogP contribution in [0.3, 0.4) is 0 Å². The monoisotopic (exact) mass is 303 g/mol. The third-order valence-corrected chi connectivity index (χ3v) is 4.26. The predicted molar refractivity (Wildman–Crippen MR) is 83.8 cm³/mol. The number of likely N-dealkylation sites (N-methyl/N-ethyl adjacent to an activating group) is 1. The molecule has 1 aromatic heterocycles. The van der Waals surface area contributed by atoms with Gasteiger partial charge in [0, 0.05) is 17.5 Å². The van der Waals surface area contributed by atoms with Crippen LogP contribution in [-0.4, -0.2) is 30.4 Å². The summed E-state index contributed by atoms with van der Waals surface area (Å²) in [6, 6.07) is 8.81. The summed E-state index contributed by atoms with van der Waals surface area (Å²) in [4.78, 5) is 30.8. The number of hydrogen-bond donors (Lipinski definition) is 1. The largest absolute Gasteiger partial charge is 0.343 e. The Bertz CT molecular complexity index is 633. The van der Waals surface area contributed by atoms with Crippen molar-refractivity contribution < 1.29 is 9.59 Å². The van der Waals surface area contributed by atoms with Crippen molar-refractivity contribution >= 4 is 28.3 Å². The number of thiazole rings is 1. The van der Waals surface area contributed by atoms with Crippen LogP contribution < -0.4 is 10.2 Å². The first-order valence-corrected chi connectivity index (χ1v) is 7.34. The Hall–Kier alpha value is -2.21. The van der Waals surface area contributed by atoms with Crippen LogP contribution in [0.4, 0.5) is 5.13 Å². The van der Waals surface area contributed by atoms with Crippen LogP contribution in [0.2, 0.25) is 0 Å². The molecule has 5 nitrogen and oxygen atoms in total. The van der Waals surface area contributed by atoms with Gasteiger partial charge in [-0.05, 0) is 26.0 Å². The van der Waals surface area contributed by atoms with Crippen molar-refractivity contribution in [2.24, 2.45) is 0 Å². The topological polar surface area (TPSA) is 62.3 Å². The van der Waals surface area contributed by atoms with E-state index in [1.165, 1.54) is 16.2 Å². The summed E-state index contributed by atoms with van der Waals surface area (Å²) in [5, 5.41) is 3.26. The van der Waals surface area contributed by atoms with E-state index in [4.69, 9.17) is 0 Å². The Kier molecular flexibility index (Phi) is 4.70. The number of aryl methyl sites for hydroxylation is 2. The molecule has 0 unspecified atom stereocenters. The molecule has 0 aliphatic heterocycles. The molecular weight excluding hydrogens is 286 g/mol. The maximum atomic E-state index is 12.1. The lowest BCUT2D eigenvalue weighted by Crippen LogP contribution is -2.38. The van der Waals surface area contributed by atoms with Crippen LogP contribution in [0.25, 0.3) is 0 Å². The van der Waals surface area contributed by atoms with Crippen LogP contribution in [0.1, 0.15) is 20.9 Å². The van der Waals surface area contributed by atoms with Gasteiger partial charge in [0.1, 0.15) is 0 Å². The van der Waals surface area contributed by atoms with Crippen molar-refractivity contribution in [2.75, 3.05) is 18.5 Å². The first-order chi connectivity index (χ1) is 9.99. The van der Waals surface area contributed by atoms with Gasteiger partial charge >= 0.3 is 0 Å². The molecule has 1 aromatic carbocycles. The van der Waals surface area contributed by atoms with Crippen molar-refractivity contribution in [1.29, 1.82) is 0 Å². The van der Waals surface area contributed by atoms with E-state index in [0.717, 1.165) is 10.6 Å². The number of nitrogens with zero attached hydrogens (tertiary/aromatic N) is 2. The van der Waals surface area contributed by atoms with E-state index in [1.807, 2.05) is 19.9 Å². The number of benzene rings is 1. The number of anilines is 1. The number of carbonyl (C=O) groups is 2. The summed E-state index contributed by atoms with van der Waals surface area (Å²) in [5.74, 6) is -0.461. The molecule has 0 radical (unpaired) electrons. The average molecular weight is 303 g/mol. The molecule has 0 bridgehead atoms. The van der Waals surface area contributed by atoms with Crippen molar-refractivity contribution in [3.05, 3.63) is 46.5 Å². The summed E-state index contributed by atoms with van der Waals surface area (Å²) >= 11 is 1.46. The zero-order chi connectivity index (χ0) is 15.4. The minimum absolute atomic E-state index is 0.0537. The predicted octanol–water partition coefficient (Wildman–Crippen LogP) is 2.15. The van der Waals surface area contributed by atoms with Gasteiger partial charge in [0.05, 0.1) is 12.2 Å². The summed E-state index contributed by atoms with van der Waals surface area (Å²) in [6.45, 7) is 3.82. The Morgan fingerprint density at radius 1 is 1.24 bits per heavy atom. The fourth-order valence-electron chi connectivity index (χ4n) is 1.67. The highest BCUT2D eigenvalue weighted by molar-refractivity contribution is 7.15. The summed E-state index contributed by atoms with van der Waals surface area (Å²) in [7, 11) is 1.66. The van der Waals surface area contributed by atoms with Gasteiger partial charge in [0.15, 0.2) is 5.13 Å². The number of carbonyl (C=O) groups excluding carboxylic acids is 2. The van der Waals surface area contributed by atoms with E-state index in [1.54, 1.807) is 31.3 Å². The Morgan fingerprint density at radius 3 is 2.48 bits per heavy atom. The second-order valence-electron chi connectivity index (χ2n) is 4.64. The number of hydrogen-bond acceptors (Lipinski definition) is 4. The third kappa shape index (κ3) is 3.66. The Balaban J connectivity index is 1.94. The van der Waals surface area contributed by atoms with Crippen molar-refractivity contribution in [3.63, 3.8) is 0 Å². The molecule has 0 saturated heterocycles. The van der Waals surface area contributed by atoms with Crippen LogP contribution in [0.15, 0.2) is 30.3 Å². The van der Waals surface area contributed by atoms with Crippen LogP contribution >= 0.6 is 11.3 Å². The molecule has 0 saturated carbocycles. The van der Waals surface area contributed by atoms with E-state index >= 15 is 0 Å². The molecule has 2 aromatic rings. The molecule has 21 heavy (non-hydrogen) atoms. The number of aromatic nitrogens is 1. The zero-order valence-electron chi connectivity index (χ0n) is 12.2. The van der Waals surface area contributed by atoms with E-state index in [0.29, 0.717) is 10.7 Å². The smallest absolute Gasteiger partial charge is 0.251 e. The standard InChI is InChI=1S/C15H17N3O2S/c1-10-11(2)21-15(17-10)18(3)13(19)9-16-14(20)12-7-5-4-6-8-12/h4-8H,9H2,1-3H3,(H,16,20). The van der Waals surface area contributed by atoms with E-state index in [-0.39, 0.29) is 18.4 Å². The van der Waals surface area contributed by atoms with Crippen LogP contribution in [0.5, 0.6) is 0 Å². The van der Waals surface area contributed by atoms with Gasteiger partial charge in [-0.25, -0.2) is 4.98 Å². The van der Waals surface area contributed by atoms with E-state index < -0.39 is 0 Å². The Morgan fingerprint density at radius 2 is 1.90 bits per heavy atom. The van der Waals surface area contributed by atoms with Gasteiger partial charge in [-0.1, -0.05) is 18.2 Å². The molecule has 0 aliphatic carbocycles. The van der Waals surface area contributed by atoms with E-state index in [9.17, 15) is 9.59 Å². The summed E-state index contributed by atoms with van der Waals surface area (Å²) < 4.78 is 0. The first kappa shape index (κ1) is 15.2. The van der Waals surface area contributed by atoms with E-state index in [2.05, 4.69) is 10.3 Å². The fraction of sp³-hybridized carbons (Fsp3) is 0.267. The number of nitrogens with one attached hydrogen (secondary N) is 1. The van der Waals surface area contributed by atoms with Gasteiger partial charge in [-0.2, -0.15) is 0 Å². The fourth-order valence-corrected chi connectivity index (χ4v) is 2.56. The van der Waals surface area contributed by atoms with Gasteiger partial charge in [0.25, 0.3) is 5.91 Å². The lowest BCUT2D eigenvalue weighted by Gasteiger charge is -2.14. The second kappa shape index (κ2) is 6.49. The minimum Gasteiger partial charge on any atom is -0.343 e. The molecule has 6 heteroatoms. The molecule has 0 spiro atoms. The average Bonchev–Trinajstić information content (AvgIpc) is 2.84. The lowest BCUT2D eigenvalue weighted by atomic mass is 10.2. The van der Waals surface area contributed by atoms with Gasteiger partial charge < -0.3 is 5.32 Å². The molecule has 1 N–H and O–H groups in total. The maximum absolute atomic E-state index is 12.1. The zero-order valence-corrected chi connectivity index (χ0v) is 13.0. The SMILES string of the molecule is Cc1nc(N(C)C(=O)CNC(=O)c2ccccc2)sc1C. The maximum Gasteiger partial charge on any atom is 0.251 e. The third-order valence-electron chi connectivity index (χ3n) is 3.11. The highest BCUT2D eigenvalue weighted by Crippen LogP contribution is 2.24. The molecule has 1 heterocycles. The lowest BCUT2D eigenvalue weighted by molar-refractivity contribution is -0.117. The van der Waals surface area contributed by atoms with Crippen molar-refractivity contribution in [3.8, 4) is 0 Å². The minimum atomic E-state index is -0.260. The van der Waals surface area contributed by atoms with Gasteiger partial charge in [-0.15, -0.1) is 11.3 Å². The molecule has 0 fully saturated rings. The van der Waals surface area contributed by atoms with Gasteiger partial charge in [0.2, 0.25) is 5.91 Å². The second-order valence-corrected chi connectivity index (χ2v) is 5.82. The normalized spacial score (nSPS) is 10.2. The number of amides is 2. The summed E-state index contributed by atoms with van der Waals surface area (Å²) in [6.07, 6.45) is 0. The molecule has 2 rings (SSSR count). The molecule has 0 atom stereocenters. The highest BCUT2D eigenvalue weighted by Gasteiger charge is 2.16. The first-order valence-electron chi connectivity index (χ1n) is 6.53.